The zero-order valence-corrected chi connectivity index (χ0v) is 11.3. The Labute approximate surface area is 116 Å². The quantitative estimate of drug-likeness (QED) is 0.683. The van der Waals surface area contributed by atoms with Crippen LogP contribution in [0, 0.1) is 22.9 Å². The third-order valence-electron chi connectivity index (χ3n) is 3.64. The van der Waals surface area contributed by atoms with E-state index < -0.39 is 16.6 Å². The Kier molecular flexibility index (Phi) is 4.32. The van der Waals surface area contributed by atoms with Crippen LogP contribution >= 0.6 is 0 Å². The van der Waals surface area contributed by atoms with Crippen LogP contribution in [0.5, 0.6) is 0 Å². The van der Waals surface area contributed by atoms with E-state index in [-0.39, 0.29) is 22.9 Å². The molecule has 1 aromatic carbocycles. The van der Waals surface area contributed by atoms with Gasteiger partial charge in [-0.05, 0) is 25.3 Å². The van der Waals surface area contributed by atoms with E-state index in [1.165, 1.54) is 6.92 Å². The van der Waals surface area contributed by atoms with E-state index in [0.29, 0.717) is 0 Å². The summed E-state index contributed by atoms with van der Waals surface area (Å²) in [5.41, 5.74) is -0.409. The number of carbonyl (C=O) groups is 1. The van der Waals surface area contributed by atoms with Crippen molar-refractivity contribution < 1.29 is 14.1 Å². The number of non-ortho nitro benzene ring substituents is 1. The summed E-state index contributed by atoms with van der Waals surface area (Å²) in [5.74, 6) is -1.26. The lowest BCUT2D eigenvalue weighted by Gasteiger charge is -2.22. The van der Waals surface area contributed by atoms with Crippen LogP contribution in [0.4, 0.5) is 10.1 Å². The second-order valence-electron chi connectivity index (χ2n) is 5.19. The van der Waals surface area contributed by atoms with Gasteiger partial charge in [-0.1, -0.05) is 19.3 Å². The monoisotopic (exact) mass is 280 g/mol. The van der Waals surface area contributed by atoms with Crippen LogP contribution in [0.15, 0.2) is 12.1 Å². The van der Waals surface area contributed by atoms with E-state index in [1.54, 1.807) is 0 Å². The van der Waals surface area contributed by atoms with Gasteiger partial charge in [0.15, 0.2) is 0 Å². The molecule has 0 heterocycles. The second-order valence-corrected chi connectivity index (χ2v) is 5.19. The van der Waals surface area contributed by atoms with E-state index in [4.69, 9.17) is 0 Å². The van der Waals surface area contributed by atoms with E-state index in [1.807, 2.05) is 0 Å². The molecule has 1 amide bonds. The zero-order valence-electron chi connectivity index (χ0n) is 11.3. The predicted molar refractivity (Wildman–Crippen MR) is 72.1 cm³/mol. The Morgan fingerprint density at radius 3 is 2.60 bits per heavy atom. The molecule has 0 bridgehead atoms. The number of aryl methyl sites for hydroxylation is 1. The maximum atomic E-state index is 14.0. The number of nitrogens with zero attached hydrogens (tertiary/aromatic N) is 1. The highest BCUT2D eigenvalue weighted by Crippen LogP contribution is 2.22. The minimum Gasteiger partial charge on any atom is -0.349 e. The average molecular weight is 280 g/mol. The van der Waals surface area contributed by atoms with Gasteiger partial charge in [-0.15, -0.1) is 0 Å². The minimum atomic E-state index is -0.691. The van der Waals surface area contributed by atoms with Crippen molar-refractivity contribution in [2.24, 2.45) is 0 Å². The second kappa shape index (κ2) is 5.98. The predicted octanol–water partition coefficient (Wildman–Crippen LogP) is 3.10. The Hall–Kier alpha value is -1.98. The summed E-state index contributed by atoms with van der Waals surface area (Å²) in [6.45, 7) is 1.42. The minimum absolute atomic E-state index is 0.0372. The first-order valence-electron chi connectivity index (χ1n) is 6.74. The van der Waals surface area contributed by atoms with Crippen LogP contribution in [0.3, 0.4) is 0 Å². The molecular weight excluding hydrogens is 263 g/mol. The third kappa shape index (κ3) is 3.12. The molecule has 1 saturated carbocycles. The number of nitro groups is 1. The van der Waals surface area contributed by atoms with Crippen molar-refractivity contribution in [3.63, 3.8) is 0 Å². The van der Waals surface area contributed by atoms with E-state index in [0.717, 1.165) is 44.2 Å². The lowest BCUT2D eigenvalue weighted by Crippen LogP contribution is -2.36. The van der Waals surface area contributed by atoms with Crippen molar-refractivity contribution in [3.8, 4) is 0 Å². The Balaban J connectivity index is 2.21. The molecule has 0 radical (unpaired) electrons. The Morgan fingerprint density at radius 2 is 2.00 bits per heavy atom. The molecule has 1 aromatic rings. The maximum Gasteiger partial charge on any atom is 0.270 e. The molecule has 0 unspecified atom stereocenters. The van der Waals surface area contributed by atoms with Crippen molar-refractivity contribution in [3.05, 3.63) is 39.2 Å². The fraction of sp³-hybridized carbons (Fsp3) is 0.500. The van der Waals surface area contributed by atoms with Gasteiger partial charge in [0.05, 0.1) is 10.5 Å². The van der Waals surface area contributed by atoms with Crippen molar-refractivity contribution in [1.29, 1.82) is 0 Å². The molecule has 0 spiro atoms. The van der Waals surface area contributed by atoms with Gasteiger partial charge in [-0.3, -0.25) is 14.9 Å². The van der Waals surface area contributed by atoms with Gasteiger partial charge in [0.1, 0.15) is 5.82 Å². The fourth-order valence-corrected chi connectivity index (χ4v) is 2.53. The number of nitro benzene ring substituents is 1. The number of hydrogen-bond donors (Lipinski definition) is 1. The molecule has 1 aliphatic rings. The number of carbonyl (C=O) groups excluding carboxylic acids is 1. The Bertz CT molecular complexity index is 539. The van der Waals surface area contributed by atoms with Crippen LogP contribution < -0.4 is 5.32 Å². The first-order valence-corrected chi connectivity index (χ1v) is 6.74. The zero-order chi connectivity index (χ0) is 14.7. The summed E-state index contributed by atoms with van der Waals surface area (Å²) in [5, 5.41) is 13.5. The highest BCUT2D eigenvalue weighted by atomic mass is 19.1. The maximum absolute atomic E-state index is 14.0. The van der Waals surface area contributed by atoms with Crippen LogP contribution in [-0.2, 0) is 0 Å². The highest BCUT2D eigenvalue weighted by Gasteiger charge is 2.22. The van der Waals surface area contributed by atoms with Gasteiger partial charge in [0, 0.05) is 18.2 Å². The molecule has 5 nitrogen and oxygen atoms in total. The normalized spacial score (nSPS) is 15.9. The van der Waals surface area contributed by atoms with Gasteiger partial charge in [-0.25, -0.2) is 4.39 Å². The van der Waals surface area contributed by atoms with E-state index in [2.05, 4.69) is 5.32 Å². The molecule has 0 aromatic heterocycles. The summed E-state index contributed by atoms with van der Waals surface area (Å²) < 4.78 is 14.0. The number of amides is 1. The molecule has 1 N–H and O–H groups in total. The van der Waals surface area contributed by atoms with Crippen LogP contribution in [-0.4, -0.2) is 16.9 Å². The molecule has 2 rings (SSSR count). The van der Waals surface area contributed by atoms with E-state index in [9.17, 15) is 19.3 Å². The summed E-state index contributed by atoms with van der Waals surface area (Å²) in [4.78, 5) is 22.2. The van der Waals surface area contributed by atoms with Crippen molar-refractivity contribution >= 4 is 11.6 Å². The third-order valence-corrected chi connectivity index (χ3v) is 3.64. The van der Waals surface area contributed by atoms with E-state index >= 15 is 0 Å². The summed E-state index contributed by atoms with van der Waals surface area (Å²) in [6, 6.07) is 2.17. The lowest BCUT2D eigenvalue weighted by molar-refractivity contribution is -0.385. The molecule has 0 aliphatic heterocycles. The molecule has 108 valence electrons. The highest BCUT2D eigenvalue weighted by molar-refractivity contribution is 5.95. The molecule has 0 atom stereocenters. The molecular formula is C14H17FN2O3. The molecule has 6 heteroatoms. The first kappa shape index (κ1) is 14.4. The van der Waals surface area contributed by atoms with Gasteiger partial charge < -0.3 is 5.32 Å². The number of rotatable bonds is 3. The fourth-order valence-electron chi connectivity index (χ4n) is 2.53. The summed E-state index contributed by atoms with van der Waals surface area (Å²) >= 11 is 0. The smallest absolute Gasteiger partial charge is 0.270 e. The van der Waals surface area contributed by atoms with Crippen LogP contribution in [0.25, 0.3) is 0 Å². The number of nitrogens with one attached hydrogen (secondary N) is 1. The molecule has 1 aliphatic carbocycles. The van der Waals surface area contributed by atoms with Gasteiger partial charge in [0.25, 0.3) is 11.6 Å². The number of hydrogen-bond acceptors (Lipinski definition) is 3. The van der Waals surface area contributed by atoms with Gasteiger partial charge >= 0.3 is 0 Å². The molecule has 20 heavy (non-hydrogen) atoms. The average Bonchev–Trinajstić information content (AvgIpc) is 2.42. The number of halogens is 1. The van der Waals surface area contributed by atoms with Gasteiger partial charge in [0.2, 0.25) is 0 Å². The lowest BCUT2D eigenvalue weighted by atomic mass is 9.95. The molecule has 0 saturated heterocycles. The number of benzene rings is 1. The van der Waals surface area contributed by atoms with Crippen molar-refractivity contribution in [1.82, 2.24) is 5.32 Å². The largest absolute Gasteiger partial charge is 0.349 e. The van der Waals surface area contributed by atoms with Gasteiger partial charge in [-0.2, -0.15) is 0 Å². The van der Waals surface area contributed by atoms with Crippen molar-refractivity contribution in [2.45, 2.75) is 45.1 Å². The topological polar surface area (TPSA) is 72.2 Å². The molecule has 1 fully saturated rings. The Morgan fingerprint density at radius 1 is 1.35 bits per heavy atom. The first-order chi connectivity index (χ1) is 9.49. The standard InChI is InChI=1S/C14H17FN2O3/c1-9-7-11(17(19)20)8-12(13(9)15)14(18)16-10-5-3-2-4-6-10/h7-8,10H,2-6H2,1H3,(H,16,18). The summed E-state index contributed by atoms with van der Waals surface area (Å²) in [7, 11) is 0. The SMILES string of the molecule is Cc1cc([N+](=O)[O-])cc(C(=O)NC2CCCCC2)c1F. The van der Waals surface area contributed by atoms with Crippen molar-refractivity contribution in [2.75, 3.05) is 0 Å². The van der Waals surface area contributed by atoms with Crippen LogP contribution in [0.2, 0.25) is 0 Å². The summed E-state index contributed by atoms with van der Waals surface area (Å²) in [6.07, 6.45) is 4.99. The van der Waals surface area contributed by atoms with Crippen LogP contribution in [0.1, 0.15) is 48.0 Å².